The molecule has 1 fully saturated rings. The van der Waals surface area contributed by atoms with Crippen LogP contribution in [0.1, 0.15) is 40.0 Å². The van der Waals surface area contributed by atoms with Crippen LogP contribution in [0.15, 0.2) is 0 Å². The highest BCUT2D eigenvalue weighted by molar-refractivity contribution is 6.18. The van der Waals surface area contributed by atoms with E-state index in [-0.39, 0.29) is 0 Å². The average Bonchev–Trinajstić information content (AvgIpc) is 2.85. The highest BCUT2D eigenvalue weighted by Gasteiger charge is 2.40. The number of hydrogen-bond acceptors (Lipinski definition) is 1. The van der Waals surface area contributed by atoms with Gasteiger partial charge in [0.2, 0.25) is 0 Å². The van der Waals surface area contributed by atoms with Crippen LogP contribution in [0.3, 0.4) is 0 Å². The fourth-order valence-electron chi connectivity index (χ4n) is 1.69. The zero-order chi connectivity index (χ0) is 9.90. The summed E-state index contributed by atoms with van der Waals surface area (Å²) in [5.41, 5.74) is 0.330. The monoisotopic (exact) mass is 204 g/mol. The smallest absolute Gasteiger partial charge is 0.0518 e. The van der Waals surface area contributed by atoms with Crippen molar-refractivity contribution >= 4 is 11.6 Å². The molecule has 0 aromatic carbocycles. The van der Waals surface area contributed by atoms with Crippen LogP contribution in [0.2, 0.25) is 0 Å². The van der Waals surface area contributed by atoms with E-state index in [1.54, 1.807) is 0 Å². The molecule has 0 amide bonds. The molecular formula is C11H21ClO. The van der Waals surface area contributed by atoms with Crippen molar-refractivity contribution in [3.8, 4) is 0 Å². The van der Waals surface area contributed by atoms with Crippen molar-refractivity contribution in [2.24, 2.45) is 11.3 Å². The van der Waals surface area contributed by atoms with Crippen molar-refractivity contribution in [3.63, 3.8) is 0 Å². The van der Waals surface area contributed by atoms with Gasteiger partial charge in [0.05, 0.1) is 6.10 Å². The predicted octanol–water partition coefficient (Wildman–Crippen LogP) is 3.46. The van der Waals surface area contributed by atoms with Crippen LogP contribution >= 0.6 is 11.6 Å². The minimum Gasteiger partial charge on any atom is -0.379 e. The second-order valence-corrected chi connectivity index (χ2v) is 5.00. The molecule has 1 atom stereocenters. The van der Waals surface area contributed by atoms with Gasteiger partial charge in [-0.15, -0.1) is 11.6 Å². The average molecular weight is 205 g/mol. The Kier molecular flexibility index (Phi) is 4.06. The van der Waals surface area contributed by atoms with E-state index in [0.29, 0.717) is 11.5 Å². The van der Waals surface area contributed by atoms with Crippen LogP contribution in [-0.4, -0.2) is 18.6 Å². The van der Waals surface area contributed by atoms with Crippen LogP contribution in [0.4, 0.5) is 0 Å². The fourth-order valence-corrected chi connectivity index (χ4v) is 2.04. The number of ether oxygens (including phenoxy) is 1. The van der Waals surface area contributed by atoms with Gasteiger partial charge in [-0.3, -0.25) is 0 Å². The fraction of sp³-hybridized carbons (Fsp3) is 1.00. The van der Waals surface area contributed by atoms with Crippen molar-refractivity contribution in [1.82, 2.24) is 0 Å². The molecule has 0 saturated heterocycles. The lowest BCUT2D eigenvalue weighted by Crippen LogP contribution is -2.24. The van der Waals surface area contributed by atoms with Crippen molar-refractivity contribution in [2.75, 3.05) is 12.5 Å². The summed E-state index contributed by atoms with van der Waals surface area (Å²) in [4.78, 5) is 0. The maximum absolute atomic E-state index is 6.00. The van der Waals surface area contributed by atoms with Gasteiger partial charge in [0.25, 0.3) is 0 Å². The largest absolute Gasteiger partial charge is 0.379 e. The van der Waals surface area contributed by atoms with Gasteiger partial charge in [-0.25, -0.2) is 0 Å². The zero-order valence-electron chi connectivity index (χ0n) is 8.98. The lowest BCUT2D eigenvalue weighted by atomic mass is 9.84. The van der Waals surface area contributed by atoms with Crippen LogP contribution in [0.25, 0.3) is 0 Å². The molecule has 1 saturated carbocycles. The summed E-state index contributed by atoms with van der Waals surface area (Å²) in [5, 5.41) is 0. The Balaban J connectivity index is 2.23. The Bertz CT molecular complexity index is 154. The first kappa shape index (κ1) is 11.3. The first-order valence-electron chi connectivity index (χ1n) is 5.26. The Morgan fingerprint density at radius 2 is 2.08 bits per heavy atom. The summed E-state index contributed by atoms with van der Waals surface area (Å²) in [5.74, 6) is 1.64. The van der Waals surface area contributed by atoms with Gasteiger partial charge < -0.3 is 4.74 Å². The van der Waals surface area contributed by atoms with E-state index in [2.05, 4.69) is 20.8 Å². The molecule has 2 heteroatoms. The molecule has 0 N–H and O–H groups in total. The minimum absolute atomic E-state index is 0.330. The van der Waals surface area contributed by atoms with E-state index < -0.39 is 0 Å². The Hall–Kier alpha value is 0.250. The van der Waals surface area contributed by atoms with E-state index in [9.17, 15) is 0 Å². The Morgan fingerprint density at radius 3 is 2.46 bits per heavy atom. The van der Waals surface area contributed by atoms with Gasteiger partial charge in [-0.1, -0.05) is 6.92 Å². The van der Waals surface area contributed by atoms with E-state index in [4.69, 9.17) is 16.3 Å². The van der Waals surface area contributed by atoms with Gasteiger partial charge in [0.1, 0.15) is 0 Å². The summed E-state index contributed by atoms with van der Waals surface area (Å²) in [7, 11) is 0. The normalized spacial score (nSPS) is 21.9. The standard InChI is InChI=1S/C11H21ClO/c1-9(2)13-7-6-11(3,8-12)10-4-5-10/h9-10H,4-8H2,1-3H3. The first-order chi connectivity index (χ1) is 6.08. The highest BCUT2D eigenvalue weighted by atomic mass is 35.5. The van der Waals surface area contributed by atoms with Crippen molar-refractivity contribution in [2.45, 2.75) is 46.1 Å². The van der Waals surface area contributed by atoms with Crippen LogP contribution < -0.4 is 0 Å². The molecule has 78 valence electrons. The number of alkyl halides is 1. The molecule has 1 aliphatic rings. The molecule has 1 rings (SSSR count). The number of rotatable bonds is 6. The molecule has 0 aromatic heterocycles. The molecule has 13 heavy (non-hydrogen) atoms. The van der Waals surface area contributed by atoms with E-state index in [1.807, 2.05) is 0 Å². The third-order valence-electron chi connectivity index (χ3n) is 2.99. The lowest BCUT2D eigenvalue weighted by molar-refractivity contribution is 0.0539. The molecule has 0 aliphatic heterocycles. The summed E-state index contributed by atoms with van der Waals surface area (Å²) in [6.07, 6.45) is 4.19. The van der Waals surface area contributed by atoms with Crippen LogP contribution in [0, 0.1) is 11.3 Å². The van der Waals surface area contributed by atoms with Crippen molar-refractivity contribution in [1.29, 1.82) is 0 Å². The summed E-state index contributed by atoms with van der Waals surface area (Å²) >= 11 is 6.00. The van der Waals surface area contributed by atoms with Gasteiger partial charge in [0.15, 0.2) is 0 Å². The van der Waals surface area contributed by atoms with E-state index in [1.165, 1.54) is 12.8 Å². The molecular weight excluding hydrogens is 184 g/mol. The zero-order valence-corrected chi connectivity index (χ0v) is 9.73. The van der Waals surface area contributed by atoms with Crippen LogP contribution in [-0.2, 0) is 4.74 Å². The highest BCUT2D eigenvalue weighted by Crippen LogP contribution is 2.48. The van der Waals surface area contributed by atoms with E-state index in [0.717, 1.165) is 24.8 Å². The molecule has 0 spiro atoms. The predicted molar refractivity (Wildman–Crippen MR) is 57.3 cm³/mol. The SMILES string of the molecule is CC(C)OCCC(C)(CCl)C1CC1. The third-order valence-corrected chi connectivity index (χ3v) is 3.60. The van der Waals surface area contributed by atoms with Gasteiger partial charge in [-0.2, -0.15) is 0 Å². The molecule has 1 aliphatic carbocycles. The summed E-state index contributed by atoms with van der Waals surface area (Å²) in [6, 6.07) is 0. The molecule has 0 aromatic rings. The van der Waals surface area contributed by atoms with Crippen LogP contribution in [0.5, 0.6) is 0 Å². The second kappa shape index (κ2) is 4.65. The molecule has 1 unspecified atom stereocenters. The topological polar surface area (TPSA) is 9.23 Å². The lowest BCUT2D eigenvalue weighted by Gasteiger charge is -2.27. The number of hydrogen-bond donors (Lipinski definition) is 0. The van der Waals surface area contributed by atoms with Gasteiger partial charge >= 0.3 is 0 Å². The number of halogens is 1. The second-order valence-electron chi connectivity index (χ2n) is 4.73. The molecule has 0 radical (unpaired) electrons. The minimum atomic E-state index is 0.330. The Morgan fingerprint density at radius 1 is 1.46 bits per heavy atom. The van der Waals surface area contributed by atoms with Crippen molar-refractivity contribution in [3.05, 3.63) is 0 Å². The quantitative estimate of drug-likeness (QED) is 0.603. The van der Waals surface area contributed by atoms with E-state index >= 15 is 0 Å². The molecule has 0 bridgehead atoms. The Labute approximate surface area is 86.8 Å². The van der Waals surface area contributed by atoms with Crippen molar-refractivity contribution < 1.29 is 4.74 Å². The third kappa shape index (κ3) is 3.47. The molecule has 1 nitrogen and oxygen atoms in total. The van der Waals surface area contributed by atoms with Gasteiger partial charge in [-0.05, 0) is 44.4 Å². The molecule has 0 heterocycles. The first-order valence-corrected chi connectivity index (χ1v) is 5.79. The summed E-state index contributed by atoms with van der Waals surface area (Å²) < 4.78 is 5.56. The maximum Gasteiger partial charge on any atom is 0.0518 e. The van der Waals surface area contributed by atoms with Gasteiger partial charge in [0, 0.05) is 12.5 Å². The maximum atomic E-state index is 6.00. The summed E-state index contributed by atoms with van der Waals surface area (Å²) in [6.45, 7) is 7.31.